The van der Waals surface area contributed by atoms with Gasteiger partial charge >= 0.3 is 0 Å². The van der Waals surface area contributed by atoms with Gasteiger partial charge in [-0.3, -0.25) is 4.79 Å². The van der Waals surface area contributed by atoms with Gasteiger partial charge in [0.2, 0.25) is 5.88 Å². The zero-order valence-electron chi connectivity index (χ0n) is 16.4. The van der Waals surface area contributed by atoms with Crippen LogP contribution in [0.3, 0.4) is 0 Å². The minimum absolute atomic E-state index is 0.0423. The molecular formula is C21H26N4O2. The molecule has 1 aromatic carbocycles. The predicted octanol–water partition coefficient (Wildman–Crippen LogP) is 3.64. The number of amides is 1. The zero-order valence-corrected chi connectivity index (χ0v) is 16.4. The van der Waals surface area contributed by atoms with Crippen LogP contribution in [0, 0.1) is 20.8 Å². The van der Waals surface area contributed by atoms with Gasteiger partial charge in [0, 0.05) is 18.0 Å². The smallest absolute Gasteiger partial charge is 0.258 e. The van der Waals surface area contributed by atoms with E-state index in [4.69, 9.17) is 4.74 Å². The largest absolute Gasteiger partial charge is 0.468 e. The summed E-state index contributed by atoms with van der Waals surface area (Å²) in [6.45, 7) is 8.75. The molecule has 0 aliphatic carbocycles. The number of hydrogen-bond donors (Lipinski definition) is 1. The number of fused-ring (bicyclic) bond motifs is 1. The molecule has 0 saturated carbocycles. The zero-order chi connectivity index (χ0) is 19.4. The first-order valence-corrected chi connectivity index (χ1v) is 9.33. The molecule has 0 unspecified atom stereocenters. The van der Waals surface area contributed by atoms with E-state index in [0.29, 0.717) is 12.4 Å². The number of carbonyl (C=O) groups excluding carboxylic acids is 1. The summed E-state index contributed by atoms with van der Waals surface area (Å²) < 4.78 is 7.47. The molecule has 2 aromatic heterocycles. The van der Waals surface area contributed by atoms with Crippen molar-refractivity contribution < 1.29 is 9.53 Å². The van der Waals surface area contributed by atoms with Crippen LogP contribution in [-0.4, -0.2) is 33.8 Å². The van der Waals surface area contributed by atoms with Crippen LogP contribution in [-0.2, 0) is 4.79 Å². The lowest BCUT2D eigenvalue weighted by Gasteiger charge is -2.09. The topological polar surface area (TPSA) is 69.0 Å². The van der Waals surface area contributed by atoms with Crippen LogP contribution in [0.15, 0.2) is 30.3 Å². The number of nitrogens with zero attached hydrogens (tertiary/aromatic N) is 3. The Balaban J connectivity index is 1.87. The number of nitrogens with one attached hydrogen (secondary N) is 1. The van der Waals surface area contributed by atoms with E-state index in [2.05, 4.69) is 29.2 Å². The quantitative estimate of drug-likeness (QED) is 0.648. The van der Waals surface area contributed by atoms with Crippen molar-refractivity contribution in [2.45, 2.75) is 40.5 Å². The van der Waals surface area contributed by atoms with E-state index in [1.54, 1.807) is 0 Å². The van der Waals surface area contributed by atoms with Crippen LogP contribution < -0.4 is 10.1 Å². The fourth-order valence-electron chi connectivity index (χ4n) is 3.01. The Hall–Kier alpha value is -2.89. The summed E-state index contributed by atoms with van der Waals surface area (Å²) in [5.41, 5.74) is 4.81. The van der Waals surface area contributed by atoms with Crippen molar-refractivity contribution in [3.8, 4) is 11.6 Å². The van der Waals surface area contributed by atoms with Crippen molar-refractivity contribution in [3.05, 3.63) is 47.2 Å². The molecule has 0 fully saturated rings. The highest BCUT2D eigenvalue weighted by Gasteiger charge is 2.15. The van der Waals surface area contributed by atoms with Gasteiger partial charge in [-0.2, -0.15) is 10.1 Å². The van der Waals surface area contributed by atoms with Crippen LogP contribution in [0.4, 0.5) is 0 Å². The summed E-state index contributed by atoms with van der Waals surface area (Å²) in [4.78, 5) is 16.5. The highest BCUT2D eigenvalue weighted by atomic mass is 16.5. The third-order valence-electron chi connectivity index (χ3n) is 4.47. The fourth-order valence-corrected chi connectivity index (χ4v) is 3.01. The molecule has 27 heavy (non-hydrogen) atoms. The lowest BCUT2D eigenvalue weighted by Crippen LogP contribution is -2.29. The van der Waals surface area contributed by atoms with Gasteiger partial charge in [0.05, 0.1) is 11.4 Å². The van der Waals surface area contributed by atoms with Crippen molar-refractivity contribution in [2.24, 2.45) is 0 Å². The highest BCUT2D eigenvalue weighted by Crippen LogP contribution is 2.26. The predicted molar refractivity (Wildman–Crippen MR) is 106 cm³/mol. The summed E-state index contributed by atoms with van der Waals surface area (Å²) >= 11 is 0. The molecule has 6 nitrogen and oxygen atoms in total. The third kappa shape index (κ3) is 4.27. The van der Waals surface area contributed by atoms with Gasteiger partial charge in [0.25, 0.3) is 5.91 Å². The van der Waals surface area contributed by atoms with Crippen molar-refractivity contribution in [2.75, 3.05) is 13.2 Å². The standard InChI is InChI=1S/C21H26N4O2/c1-5-6-11-22-18(26)13-27-19-12-15(3)20-16(4)24-25(21(20)23-19)17-9-7-14(2)8-10-17/h7-10,12H,5-6,11,13H2,1-4H3,(H,22,26). The molecule has 2 heterocycles. The van der Waals surface area contributed by atoms with E-state index in [9.17, 15) is 4.79 Å². The lowest BCUT2D eigenvalue weighted by molar-refractivity contribution is -0.123. The number of unbranched alkanes of at least 4 members (excludes halogenated alkanes) is 1. The first kappa shape index (κ1) is 18.9. The molecule has 0 aliphatic heterocycles. The molecule has 0 saturated heterocycles. The van der Waals surface area contributed by atoms with Crippen molar-refractivity contribution in [1.29, 1.82) is 0 Å². The number of rotatable bonds is 7. The van der Waals surface area contributed by atoms with E-state index in [0.717, 1.165) is 40.8 Å². The number of pyridine rings is 1. The molecule has 0 bridgehead atoms. The van der Waals surface area contributed by atoms with Gasteiger partial charge in [-0.15, -0.1) is 0 Å². The summed E-state index contributed by atoms with van der Waals surface area (Å²) in [5.74, 6) is 0.296. The third-order valence-corrected chi connectivity index (χ3v) is 4.47. The van der Waals surface area contributed by atoms with E-state index in [1.165, 1.54) is 5.56 Å². The first-order chi connectivity index (χ1) is 13.0. The Labute approximate surface area is 159 Å². The second kappa shape index (κ2) is 8.20. The van der Waals surface area contributed by atoms with Crippen LogP contribution in [0.5, 0.6) is 5.88 Å². The molecule has 3 aromatic rings. The first-order valence-electron chi connectivity index (χ1n) is 9.33. The van der Waals surface area contributed by atoms with Crippen molar-refractivity contribution >= 4 is 16.9 Å². The maximum absolute atomic E-state index is 11.9. The number of aryl methyl sites for hydroxylation is 3. The molecule has 0 aliphatic rings. The number of benzene rings is 1. The minimum atomic E-state index is -0.133. The average Bonchev–Trinajstić information content (AvgIpc) is 2.98. The molecular weight excluding hydrogens is 340 g/mol. The Morgan fingerprint density at radius 1 is 1.19 bits per heavy atom. The lowest BCUT2D eigenvalue weighted by atomic mass is 10.1. The second-order valence-electron chi connectivity index (χ2n) is 6.80. The minimum Gasteiger partial charge on any atom is -0.468 e. The Bertz CT molecular complexity index is 945. The summed E-state index contributed by atoms with van der Waals surface area (Å²) in [6, 6.07) is 9.99. The maximum Gasteiger partial charge on any atom is 0.258 e. The molecule has 0 radical (unpaired) electrons. The fraction of sp³-hybridized carbons (Fsp3) is 0.381. The molecule has 3 rings (SSSR count). The van der Waals surface area contributed by atoms with Gasteiger partial charge in [-0.05, 0) is 44.9 Å². The van der Waals surface area contributed by atoms with E-state index >= 15 is 0 Å². The van der Waals surface area contributed by atoms with Crippen LogP contribution in [0.2, 0.25) is 0 Å². The monoisotopic (exact) mass is 366 g/mol. The Morgan fingerprint density at radius 3 is 2.63 bits per heavy atom. The number of carbonyl (C=O) groups is 1. The molecule has 0 spiro atoms. The molecule has 6 heteroatoms. The summed E-state index contributed by atoms with van der Waals surface area (Å²) in [5, 5.41) is 8.51. The Kier molecular flexibility index (Phi) is 5.74. The SMILES string of the molecule is CCCCNC(=O)COc1cc(C)c2c(C)nn(-c3ccc(C)cc3)c2n1. The summed E-state index contributed by atoms with van der Waals surface area (Å²) in [7, 11) is 0. The van der Waals surface area contributed by atoms with Gasteiger partial charge in [0.15, 0.2) is 12.3 Å². The van der Waals surface area contributed by atoms with Crippen LogP contribution in [0.25, 0.3) is 16.7 Å². The van der Waals surface area contributed by atoms with Crippen molar-refractivity contribution in [3.63, 3.8) is 0 Å². The molecule has 0 atom stereocenters. The van der Waals surface area contributed by atoms with Gasteiger partial charge in [0.1, 0.15) is 0 Å². The van der Waals surface area contributed by atoms with E-state index < -0.39 is 0 Å². The number of ether oxygens (including phenoxy) is 1. The van der Waals surface area contributed by atoms with Gasteiger partial charge in [-0.1, -0.05) is 31.0 Å². The molecule has 142 valence electrons. The number of hydrogen-bond acceptors (Lipinski definition) is 4. The van der Waals surface area contributed by atoms with Crippen LogP contribution in [0.1, 0.15) is 36.6 Å². The van der Waals surface area contributed by atoms with Gasteiger partial charge in [-0.25, -0.2) is 4.68 Å². The second-order valence-corrected chi connectivity index (χ2v) is 6.80. The van der Waals surface area contributed by atoms with E-state index in [1.807, 2.05) is 48.9 Å². The van der Waals surface area contributed by atoms with Crippen molar-refractivity contribution in [1.82, 2.24) is 20.1 Å². The summed E-state index contributed by atoms with van der Waals surface area (Å²) in [6.07, 6.45) is 2.00. The van der Waals surface area contributed by atoms with Gasteiger partial charge < -0.3 is 10.1 Å². The van der Waals surface area contributed by atoms with Crippen LogP contribution >= 0.6 is 0 Å². The number of aromatic nitrogens is 3. The highest BCUT2D eigenvalue weighted by molar-refractivity contribution is 5.84. The Morgan fingerprint density at radius 2 is 1.93 bits per heavy atom. The van der Waals surface area contributed by atoms with E-state index in [-0.39, 0.29) is 12.5 Å². The molecule has 1 amide bonds. The normalized spacial score (nSPS) is 11.0. The molecule has 1 N–H and O–H groups in total. The average molecular weight is 366 g/mol. The maximum atomic E-state index is 11.9.